The second-order valence-electron chi connectivity index (χ2n) is 7.15. The van der Waals surface area contributed by atoms with Gasteiger partial charge >= 0.3 is 0 Å². The topological polar surface area (TPSA) is 115 Å². The Bertz CT molecular complexity index is 789. The maximum atomic E-state index is 5.28. The summed E-state index contributed by atoms with van der Waals surface area (Å²) in [4.78, 5) is 13.6. The van der Waals surface area contributed by atoms with E-state index in [0.29, 0.717) is 25.5 Å². The van der Waals surface area contributed by atoms with Crippen LogP contribution in [0, 0.1) is 0 Å². The van der Waals surface area contributed by atoms with Crippen molar-refractivity contribution in [2.24, 2.45) is 4.99 Å². The standard InChI is InChI=1S/C18H30N8O2.HI/c1-5-19-18(20-9-8-16-23-17(12(2)3)25-28-16)21-13-6-7-15-22-14(11-27-4)24-26(15)10-13;/h12-13H,5-11H2,1-4H3,(H2,19,20,21);1H. The van der Waals surface area contributed by atoms with E-state index in [1.54, 1.807) is 7.11 Å². The van der Waals surface area contributed by atoms with E-state index in [-0.39, 0.29) is 35.9 Å². The van der Waals surface area contributed by atoms with Crippen LogP contribution in [0.2, 0.25) is 0 Å². The van der Waals surface area contributed by atoms with Crippen molar-refractivity contribution in [1.82, 2.24) is 35.5 Å². The van der Waals surface area contributed by atoms with E-state index in [9.17, 15) is 0 Å². The summed E-state index contributed by atoms with van der Waals surface area (Å²) in [6.45, 7) is 8.72. The minimum Gasteiger partial charge on any atom is -0.377 e. The number of ether oxygens (including phenoxy) is 1. The van der Waals surface area contributed by atoms with Crippen LogP contribution in [0.3, 0.4) is 0 Å². The molecule has 1 aliphatic rings. The molecule has 162 valence electrons. The van der Waals surface area contributed by atoms with Gasteiger partial charge in [0.1, 0.15) is 12.4 Å². The van der Waals surface area contributed by atoms with Gasteiger partial charge in [0, 0.05) is 38.5 Å². The fraction of sp³-hybridized carbons (Fsp3) is 0.722. The Labute approximate surface area is 188 Å². The predicted octanol–water partition coefficient (Wildman–Crippen LogP) is 1.66. The van der Waals surface area contributed by atoms with E-state index >= 15 is 0 Å². The summed E-state index contributed by atoms with van der Waals surface area (Å²) in [5, 5.41) is 15.3. The number of fused-ring (bicyclic) bond motifs is 1. The highest BCUT2D eigenvalue weighted by Crippen LogP contribution is 2.13. The molecule has 0 amide bonds. The molecule has 1 unspecified atom stereocenters. The zero-order valence-corrected chi connectivity index (χ0v) is 19.8. The second-order valence-corrected chi connectivity index (χ2v) is 7.15. The van der Waals surface area contributed by atoms with Crippen LogP contribution in [-0.2, 0) is 30.7 Å². The minimum absolute atomic E-state index is 0. The van der Waals surface area contributed by atoms with Crippen molar-refractivity contribution in [3.8, 4) is 0 Å². The van der Waals surface area contributed by atoms with Gasteiger partial charge in [-0.1, -0.05) is 19.0 Å². The van der Waals surface area contributed by atoms with Crippen LogP contribution >= 0.6 is 24.0 Å². The van der Waals surface area contributed by atoms with Crippen molar-refractivity contribution in [1.29, 1.82) is 0 Å². The van der Waals surface area contributed by atoms with E-state index in [1.807, 2.05) is 18.5 Å². The zero-order chi connectivity index (χ0) is 19.9. The molecule has 1 atom stereocenters. The Morgan fingerprint density at radius 1 is 1.38 bits per heavy atom. The zero-order valence-electron chi connectivity index (χ0n) is 17.5. The molecule has 11 heteroatoms. The first-order chi connectivity index (χ1) is 13.6. The van der Waals surface area contributed by atoms with Gasteiger partial charge in [-0.2, -0.15) is 10.1 Å². The predicted molar refractivity (Wildman–Crippen MR) is 119 cm³/mol. The first kappa shape index (κ1) is 23.5. The van der Waals surface area contributed by atoms with Gasteiger partial charge in [0.25, 0.3) is 0 Å². The molecule has 0 bridgehead atoms. The van der Waals surface area contributed by atoms with Gasteiger partial charge in [-0.05, 0) is 13.3 Å². The number of nitrogens with one attached hydrogen (secondary N) is 2. The Kier molecular flexibility index (Phi) is 9.27. The molecule has 2 aromatic rings. The van der Waals surface area contributed by atoms with Crippen LogP contribution in [-0.4, -0.2) is 57.1 Å². The molecule has 0 spiro atoms. The first-order valence-electron chi connectivity index (χ1n) is 9.87. The van der Waals surface area contributed by atoms with E-state index in [1.165, 1.54) is 0 Å². The lowest BCUT2D eigenvalue weighted by Gasteiger charge is -2.25. The summed E-state index contributed by atoms with van der Waals surface area (Å²) < 4.78 is 12.4. The Balaban J connectivity index is 0.00000300. The van der Waals surface area contributed by atoms with Crippen molar-refractivity contribution in [3.05, 3.63) is 23.4 Å². The number of rotatable bonds is 8. The Morgan fingerprint density at radius 3 is 2.90 bits per heavy atom. The molecule has 3 heterocycles. The summed E-state index contributed by atoms with van der Waals surface area (Å²) in [6, 6.07) is 0.248. The third kappa shape index (κ3) is 6.63. The molecular weight excluding hydrogens is 487 g/mol. The average molecular weight is 518 g/mol. The lowest BCUT2D eigenvalue weighted by atomic mass is 10.1. The van der Waals surface area contributed by atoms with Crippen LogP contribution in [0.25, 0.3) is 0 Å². The smallest absolute Gasteiger partial charge is 0.228 e. The Morgan fingerprint density at radius 2 is 2.21 bits per heavy atom. The lowest BCUT2D eigenvalue weighted by Crippen LogP contribution is -2.47. The summed E-state index contributed by atoms with van der Waals surface area (Å²) >= 11 is 0. The largest absolute Gasteiger partial charge is 0.377 e. The van der Waals surface area contributed by atoms with Gasteiger partial charge in [-0.25, -0.2) is 9.67 Å². The first-order valence-corrected chi connectivity index (χ1v) is 9.87. The van der Waals surface area contributed by atoms with E-state index in [0.717, 1.165) is 49.4 Å². The van der Waals surface area contributed by atoms with E-state index in [4.69, 9.17) is 9.26 Å². The highest BCUT2D eigenvalue weighted by Gasteiger charge is 2.22. The van der Waals surface area contributed by atoms with Gasteiger partial charge in [-0.3, -0.25) is 4.99 Å². The molecule has 3 rings (SSSR count). The van der Waals surface area contributed by atoms with Gasteiger partial charge in [0.05, 0.1) is 13.1 Å². The highest BCUT2D eigenvalue weighted by atomic mass is 127. The molecule has 10 nitrogen and oxygen atoms in total. The van der Waals surface area contributed by atoms with Crippen LogP contribution in [0.4, 0.5) is 0 Å². The number of halogens is 1. The van der Waals surface area contributed by atoms with Gasteiger partial charge in [-0.15, -0.1) is 24.0 Å². The fourth-order valence-electron chi connectivity index (χ4n) is 3.05. The Hall–Kier alpha value is -1.76. The van der Waals surface area contributed by atoms with Crippen LogP contribution in [0.15, 0.2) is 9.52 Å². The molecule has 29 heavy (non-hydrogen) atoms. The van der Waals surface area contributed by atoms with E-state index in [2.05, 4.69) is 42.8 Å². The highest BCUT2D eigenvalue weighted by molar-refractivity contribution is 14.0. The number of hydrogen-bond donors (Lipinski definition) is 2. The van der Waals surface area contributed by atoms with Gasteiger partial charge < -0.3 is 19.9 Å². The fourth-order valence-corrected chi connectivity index (χ4v) is 3.05. The second kappa shape index (κ2) is 11.4. The molecule has 2 aromatic heterocycles. The molecule has 0 aromatic carbocycles. The van der Waals surface area contributed by atoms with Gasteiger partial charge in [0.2, 0.25) is 5.89 Å². The number of methoxy groups -OCH3 is 1. The van der Waals surface area contributed by atoms with E-state index < -0.39 is 0 Å². The summed E-state index contributed by atoms with van der Waals surface area (Å²) in [5.74, 6) is 4.17. The molecule has 1 aliphatic heterocycles. The normalized spacial score (nSPS) is 16.4. The molecule has 0 saturated carbocycles. The van der Waals surface area contributed by atoms with Crippen LogP contribution in [0.1, 0.15) is 56.5 Å². The molecule has 0 saturated heterocycles. The van der Waals surface area contributed by atoms with Crippen molar-refractivity contribution in [2.45, 2.75) is 65.1 Å². The van der Waals surface area contributed by atoms with Crippen LogP contribution < -0.4 is 10.6 Å². The summed E-state index contributed by atoms with van der Waals surface area (Å²) in [7, 11) is 1.65. The summed E-state index contributed by atoms with van der Waals surface area (Å²) in [6.07, 6.45) is 2.49. The number of aliphatic imine (C=N–C) groups is 1. The lowest BCUT2D eigenvalue weighted by molar-refractivity contribution is 0.177. The number of aromatic nitrogens is 5. The third-order valence-electron chi connectivity index (χ3n) is 4.46. The van der Waals surface area contributed by atoms with Gasteiger partial charge in [0.15, 0.2) is 17.6 Å². The molecular formula is C18H31IN8O2. The summed E-state index contributed by atoms with van der Waals surface area (Å²) in [5.41, 5.74) is 0. The minimum atomic E-state index is 0. The molecule has 0 aliphatic carbocycles. The van der Waals surface area contributed by atoms with Crippen molar-refractivity contribution in [2.75, 3.05) is 20.2 Å². The number of hydrogen-bond acceptors (Lipinski definition) is 7. The maximum absolute atomic E-state index is 5.28. The van der Waals surface area contributed by atoms with Crippen molar-refractivity contribution in [3.63, 3.8) is 0 Å². The third-order valence-corrected chi connectivity index (χ3v) is 4.46. The number of guanidine groups is 1. The monoisotopic (exact) mass is 518 g/mol. The quantitative estimate of drug-likeness (QED) is 0.308. The number of nitrogens with zero attached hydrogens (tertiary/aromatic N) is 6. The molecule has 0 radical (unpaired) electrons. The molecule has 2 N–H and O–H groups in total. The van der Waals surface area contributed by atoms with Crippen LogP contribution in [0.5, 0.6) is 0 Å². The SMILES string of the molecule is CCNC(=NCCc1nc(C(C)C)no1)NC1CCc2nc(COC)nn2C1.I. The molecule has 0 fully saturated rings. The van der Waals surface area contributed by atoms with Crippen molar-refractivity contribution >= 4 is 29.9 Å². The van der Waals surface area contributed by atoms with Crippen molar-refractivity contribution < 1.29 is 9.26 Å². The average Bonchev–Trinajstić information content (AvgIpc) is 3.28. The maximum Gasteiger partial charge on any atom is 0.228 e. The number of aryl methyl sites for hydroxylation is 1.